The Kier molecular flexibility index (Phi) is 7.08. The van der Waals surface area contributed by atoms with Crippen molar-refractivity contribution in [2.75, 3.05) is 27.2 Å². The van der Waals surface area contributed by atoms with Crippen molar-refractivity contribution in [3.63, 3.8) is 0 Å². The fourth-order valence-corrected chi connectivity index (χ4v) is 4.10. The number of aryl methyl sites for hydroxylation is 1. The lowest BCUT2D eigenvalue weighted by atomic mass is 9.96. The maximum absolute atomic E-state index is 12.6. The molecule has 0 spiro atoms. The fourth-order valence-electron chi connectivity index (χ4n) is 3.78. The molecular weight excluding hydrogens is 368 g/mol. The number of aromatic nitrogens is 1. The molecule has 5 nitrogen and oxygen atoms in total. The monoisotopic (exact) mass is 400 g/mol. The molecule has 1 aromatic carbocycles. The summed E-state index contributed by atoms with van der Waals surface area (Å²) in [6.45, 7) is 4.26. The van der Waals surface area contributed by atoms with Crippen LogP contribution >= 0.6 is 12.2 Å². The molecule has 0 aliphatic heterocycles. The lowest BCUT2D eigenvalue weighted by Crippen LogP contribution is -2.47. The van der Waals surface area contributed by atoms with Gasteiger partial charge < -0.3 is 20.1 Å². The predicted octanol–water partition coefficient (Wildman–Crippen LogP) is 3.41. The molecular formula is C22H32N4OS. The van der Waals surface area contributed by atoms with Crippen LogP contribution in [0.3, 0.4) is 0 Å². The Balaban J connectivity index is 1.79. The molecule has 1 fully saturated rings. The Hall–Kier alpha value is -1.92. The van der Waals surface area contributed by atoms with E-state index in [1.165, 1.54) is 37.7 Å². The molecule has 0 radical (unpaired) electrons. The van der Waals surface area contributed by atoms with E-state index in [0.29, 0.717) is 12.6 Å². The van der Waals surface area contributed by atoms with Crippen molar-refractivity contribution in [3.8, 4) is 0 Å². The van der Waals surface area contributed by atoms with E-state index >= 15 is 0 Å². The number of fused-ring (bicyclic) bond motifs is 1. The number of nitrogens with zero attached hydrogens (tertiary/aromatic N) is 2. The Bertz CT molecular complexity index is 870. The van der Waals surface area contributed by atoms with Crippen molar-refractivity contribution in [3.05, 3.63) is 45.7 Å². The second kappa shape index (κ2) is 9.52. The van der Waals surface area contributed by atoms with Crippen LogP contribution in [0.15, 0.2) is 29.1 Å². The molecule has 28 heavy (non-hydrogen) atoms. The van der Waals surface area contributed by atoms with Gasteiger partial charge in [0.1, 0.15) is 0 Å². The topological polar surface area (TPSA) is 51.4 Å². The van der Waals surface area contributed by atoms with Crippen LogP contribution in [0.5, 0.6) is 0 Å². The largest absolute Gasteiger partial charge is 0.360 e. The van der Waals surface area contributed by atoms with Gasteiger partial charge >= 0.3 is 0 Å². The van der Waals surface area contributed by atoms with Gasteiger partial charge in [0.15, 0.2) is 5.11 Å². The van der Waals surface area contributed by atoms with Crippen molar-refractivity contribution in [2.45, 2.75) is 51.6 Å². The third-order valence-electron chi connectivity index (χ3n) is 5.47. The summed E-state index contributed by atoms with van der Waals surface area (Å²) in [5.74, 6) is 0. The van der Waals surface area contributed by atoms with Crippen LogP contribution in [-0.2, 0) is 6.54 Å². The Labute approximate surface area is 173 Å². The van der Waals surface area contributed by atoms with Crippen LogP contribution in [0.1, 0.15) is 43.2 Å². The molecule has 1 aromatic heterocycles. The van der Waals surface area contributed by atoms with Gasteiger partial charge in [-0.25, -0.2) is 0 Å². The normalized spacial score (nSPS) is 15.1. The number of H-pyrrole nitrogens is 1. The summed E-state index contributed by atoms with van der Waals surface area (Å²) in [4.78, 5) is 19.9. The average Bonchev–Trinajstić information content (AvgIpc) is 2.66. The number of pyridine rings is 1. The maximum Gasteiger partial charge on any atom is 0.253 e. The van der Waals surface area contributed by atoms with Crippen molar-refractivity contribution < 1.29 is 0 Å². The summed E-state index contributed by atoms with van der Waals surface area (Å²) in [6, 6.07) is 8.56. The van der Waals surface area contributed by atoms with E-state index in [2.05, 4.69) is 47.2 Å². The molecule has 1 saturated carbocycles. The molecule has 0 unspecified atom stereocenters. The number of aromatic amines is 1. The summed E-state index contributed by atoms with van der Waals surface area (Å²) in [5.41, 5.74) is 2.78. The first-order valence-corrected chi connectivity index (χ1v) is 10.7. The van der Waals surface area contributed by atoms with Crippen molar-refractivity contribution in [1.82, 2.24) is 20.1 Å². The summed E-state index contributed by atoms with van der Waals surface area (Å²) < 4.78 is 0. The number of hydrogen-bond acceptors (Lipinski definition) is 3. The molecule has 6 heteroatoms. The number of rotatable bonds is 6. The van der Waals surface area contributed by atoms with Crippen LogP contribution < -0.4 is 10.9 Å². The SMILES string of the molecule is Cc1ccc2[nH]c(=O)c(CN(CCN(C)C)C(=S)NC3CCCCC3)cc2c1. The number of benzene rings is 1. The van der Waals surface area contributed by atoms with Gasteiger partial charge in [0, 0.05) is 30.2 Å². The quantitative estimate of drug-likeness (QED) is 0.728. The standard InChI is InChI=1S/C22H32N4OS/c1-16-9-10-20-17(13-16)14-18(21(27)24-20)15-26(12-11-25(2)3)22(28)23-19-7-5-4-6-8-19/h9-10,13-14,19H,4-8,11-12,15H2,1-3H3,(H,23,28)(H,24,27). The predicted molar refractivity (Wildman–Crippen MR) is 121 cm³/mol. The molecule has 2 aromatic rings. The van der Waals surface area contributed by atoms with Gasteiger partial charge in [0.05, 0.1) is 6.54 Å². The minimum atomic E-state index is -0.0355. The van der Waals surface area contributed by atoms with E-state index in [-0.39, 0.29) is 5.56 Å². The number of likely N-dealkylation sites (N-methyl/N-ethyl adjacent to an activating group) is 1. The smallest absolute Gasteiger partial charge is 0.253 e. The van der Waals surface area contributed by atoms with E-state index in [9.17, 15) is 4.79 Å². The molecule has 152 valence electrons. The summed E-state index contributed by atoms with van der Waals surface area (Å²) >= 11 is 5.75. The van der Waals surface area contributed by atoms with Gasteiger partial charge in [-0.1, -0.05) is 30.9 Å². The molecule has 1 aliphatic rings. The zero-order chi connectivity index (χ0) is 20.1. The third kappa shape index (κ3) is 5.55. The molecule has 0 bridgehead atoms. The summed E-state index contributed by atoms with van der Waals surface area (Å²) in [5, 5.41) is 5.38. The average molecular weight is 401 g/mol. The van der Waals surface area contributed by atoms with Crippen LogP contribution in [0.2, 0.25) is 0 Å². The molecule has 0 atom stereocenters. The first-order chi connectivity index (χ1) is 13.4. The molecule has 2 N–H and O–H groups in total. The second-order valence-corrected chi connectivity index (χ2v) is 8.61. The van der Waals surface area contributed by atoms with E-state index in [4.69, 9.17) is 12.2 Å². The first kappa shape index (κ1) is 20.8. The summed E-state index contributed by atoms with van der Waals surface area (Å²) in [6.07, 6.45) is 6.21. The van der Waals surface area contributed by atoms with Gasteiger partial charge in [-0.3, -0.25) is 4.79 Å². The van der Waals surface area contributed by atoms with Crippen LogP contribution in [-0.4, -0.2) is 53.1 Å². The van der Waals surface area contributed by atoms with Crippen molar-refractivity contribution >= 4 is 28.2 Å². The number of hydrogen-bond donors (Lipinski definition) is 2. The van der Waals surface area contributed by atoms with Gasteiger partial charge in [0.2, 0.25) is 0 Å². The zero-order valence-corrected chi connectivity index (χ0v) is 18.1. The molecule has 3 rings (SSSR count). The number of nitrogens with one attached hydrogen (secondary N) is 2. The highest BCUT2D eigenvalue weighted by atomic mass is 32.1. The fraction of sp³-hybridized carbons (Fsp3) is 0.545. The Morgan fingerprint density at radius 2 is 1.93 bits per heavy atom. The molecule has 1 aliphatic carbocycles. The maximum atomic E-state index is 12.6. The third-order valence-corrected chi connectivity index (χ3v) is 5.85. The first-order valence-electron chi connectivity index (χ1n) is 10.2. The Morgan fingerprint density at radius 1 is 1.18 bits per heavy atom. The molecule has 1 heterocycles. The molecule has 0 amide bonds. The highest BCUT2D eigenvalue weighted by Gasteiger charge is 2.19. The minimum Gasteiger partial charge on any atom is -0.360 e. The van der Waals surface area contributed by atoms with E-state index in [1.807, 2.05) is 18.2 Å². The second-order valence-electron chi connectivity index (χ2n) is 8.22. The number of thiocarbonyl (C=S) groups is 1. The molecule has 0 saturated heterocycles. The highest BCUT2D eigenvalue weighted by Crippen LogP contribution is 2.18. The van der Waals surface area contributed by atoms with E-state index in [1.54, 1.807) is 0 Å². The minimum absolute atomic E-state index is 0.0355. The van der Waals surface area contributed by atoms with Gasteiger partial charge in [-0.2, -0.15) is 0 Å². The van der Waals surface area contributed by atoms with Gasteiger partial charge in [-0.05, 0) is 69.7 Å². The van der Waals surface area contributed by atoms with Gasteiger partial charge in [0.25, 0.3) is 5.56 Å². The lowest BCUT2D eigenvalue weighted by molar-refractivity contribution is 0.314. The highest BCUT2D eigenvalue weighted by molar-refractivity contribution is 7.80. The van der Waals surface area contributed by atoms with Crippen LogP contribution in [0.4, 0.5) is 0 Å². The van der Waals surface area contributed by atoms with E-state index < -0.39 is 0 Å². The lowest BCUT2D eigenvalue weighted by Gasteiger charge is -2.31. The van der Waals surface area contributed by atoms with E-state index in [0.717, 1.165) is 34.7 Å². The van der Waals surface area contributed by atoms with Crippen molar-refractivity contribution in [2.24, 2.45) is 0 Å². The van der Waals surface area contributed by atoms with Crippen LogP contribution in [0.25, 0.3) is 10.9 Å². The Morgan fingerprint density at radius 3 is 2.64 bits per heavy atom. The summed E-state index contributed by atoms with van der Waals surface area (Å²) in [7, 11) is 4.11. The zero-order valence-electron chi connectivity index (χ0n) is 17.3. The van der Waals surface area contributed by atoms with Crippen molar-refractivity contribution in [1.29, 1.82) is 0 Å². The van der Waals surface area contributed by atoms with Gasteiger partial charge in [-0.15, -0.1) is 0 Å². The van der Waals surface area contributed by atoms with Crippen LogP contribution in [0, 0.1) is 6.92 Å².